The standard InChI is InChI=1S/2C28H20.2C12H15NO.2C2H4O2.2Co.2Pd/c2*1-5-13-21(14-6-1)25-26(22-15-7-2-8-16-22)28(24-19-11-4-12-20-24)27(25)23-17-9-3-10-18-23;2*1-12(2,3)10-8-14-11(13-10)9-6-4-5-7-9;2*1-2(3)4;;;;/h2*1-20H;2*4-6,10H,8H2,1-3H3;2*1H3,(H,3,4);;;;/q;;2*-2;;;;;;/t;;2*10-;;;;;;/m..11....../s1. The van der Waals surface area contributed by atoms with Crippen molar-refractivity contribution in [3.05, 3.63) is 347 Å². The second-order valence-electron chi connectivity index (χ2n) is 24.4. The fraction of sp³-hybridized carbons (Fsp3) is 0.167. The summed E-state index contributed by atoms with van der Waals surface area (Å²) in [6, 6.07) is 104. The molecule has 14 rings (SSSR count). The van der Waals surface area contributed by atoms with Crippen molar-refractivity contribution in [2.24, 2.45) is 20.8 Å². The molecule has 8 nitrogen and oxygen atoms in total. The average Bonchev–Trinajstić information content (AvgIpc) is 0.773. The molecule has 0 fully saturated rings. The zero-order valence-corrected chi connectivity index (χ0v) is 60.0. The van der Waals surface area contributed by atoms with Crippen LogP contribution < -0.4 is 0 Å². The third-order valence-electron chi connectivity index (χ3n) is 15.5. The van der Waals surface area contributed by atoms with E-state index in [1.165, 1.54) is 89.1 Å². The van der Waals surface area contributed by atoms with Crippen molar-refractivity contribution in [2.75, 3.05) is 13.2 Å². The van der Waals surface area contributed by atoms with Gasteiger partial charge in [0.2, 0.25) is 0 Å². The first kappa shape index (κ1) is 78.3. The van der Waals surface area contributed by atoms with Gasteiger partial charge in [-0.15, -0.1) is 0 Å². The molecule has 2 aliphatic carbocycles. The van der Waals surface area contributed by atoms with E-state index < -0.39 is 11.9 Å². The van der Waals surface area contributed by atoms with Crippen LogP contribution in [0.4, 0.5) is 0 Å². The summed E-state index contributed by atoms with van der Waals surface area (Å²) in [5.41, 5.74) is 23.0. The van der Waals surface area contributed by atoms with Gasteiger partial charge in [0.1, 0.15) is 0 Å². The van der Waals surface area contributed by atoms with Gasteiger partial charge in [-0.2, -0.15) is 0 Å². The van der Waals surface area contributed by atoms with E-state index in [1.807, 2.05) is 36.4 Å². The second kappa shape index (κ2) is 37.8. The van der Waals surface area contributed by atoms with Gasteiger partial charge < -0.3 is 29.7 Å². The number of hydrogen-bond acceptors (Lipinski definition) is 6. The van der Waals surface area contributed by atoms with Crippen LogP contribution in [0.2, 0.25) is 0 Å². The maximum absolute atomic E-state index is 9.00. The number of carbonyl (C=O) groups is 2. The Morgan fingerprint density at radius 1 is 0.365 bits per heavy atom. The molecule has 0 spiro atoms. The Morgan fingerprint density at radius 2 is 0.531 bits per heavy atom. The van der Waals surface area contributed by atoms with Gasteiger partial charge in [0.05, 0.1) is 25.3 Å². The molecule has 10 aromatic carbocycles. The fourth-order valence-corrected chi connectivity index (χ4v) is 10.9. The molecule has 4 aliphatic rings. The van der Waals surface area contributed by atoms with E-state index in [0.717, 1.165) is 36.8 Å². The Morgan fingerprint density at radius 3 is 0.656 bits per heavy atom. The van der Waals surface area contributed by atoms with Gasteiger partial charge in [-0.1, -0.05) is 284 Å². The number of carboxylic acids is 2. The molecule has 2 radical (unpaired) electrons. The molecule has 0 saturated carbocycles. The predicted molar refractivity (Wildman–Crippen MR) is 379 cm³/mol. The SMILES string of the molecule is CC(=O)O.CC(=O)O.CC(C)(C)[C@H]1COC(c2[c-]cc[cH-]2)=N1.CC(C)(C)[C@H]1COC(c2[c-]cc[cH-]2)=N1.[Co].[Co].[Pd].[Pd].c1ccc(C2=C(c3ccccc3)C(c3ccccc3)=C2c2ccccc2)cc1.c1ccc(C2=C(c3ccccc3)C(c3ccccc3)=C2c2ccccc2)cc1. The van der Waals surface area contributed by atoms with Crippen molar-refractivity contribution >= 4 is 68.3 Å². The zero-order chi connectivity index (χ0) is 65.0. The molecule has 0 bridgehead atoms. The summed E-state index contributed by atoms with van der Waals surface area (Å²) in [6.45, 7) is 16.6. The van der Waals surface area contributed by atoms with E-state index in [2.05, 4.69) is 306 Å². The van der Waals surface area contributed by atoms with Crippen LogP contribution in [0.25, 0.3) is 44.6 Å². The number of rotatable bonds is 10. The third kappa shape index (κ3) is 20.8. The molecular weight excluding hydrogens is 1460 g/mol. The third-order valence-corrected chi connectivity index (χ3v) is 15.5. The largest absolute Gasteiger partial charge is 0.561 e. The number of nitrogens with zero attached hydrogens (tertiary/aromatic N) is 2. The van der Waals surface area contributed by atoms with Crippen LogP contribution in [0.15, 0.2) is 289 Å². The summed E-state index contributed by atoms with van der Waals surface area (Å²) in [5.74, 6) is -0.176. The van der Waals surface area contributed by atoms with Gasteiger partial charge >= 0.3 is 0 Å². The molecule has 0 aromatic heterocycles. The summed E-state index contributed by atoms with van der Waals surface area (Å²) in [4.78, 5) is 27.1. The van der Waals surface area contributed by atoms with Crippen LogP contribution in [0.5, 0.6) is 0 Å². The Labute approximate surface area is 615 Å². The summed E-state index contributed by atoms with van der Waals surface area (Å²) < 4.78 is 11.1. The molecule has 2 aliphatic heterocycles. The minimum absolute atomic E-state index is 0. The zero-order valence-electron chi connectivity index (χ0n) is 54.8. The van der Waals surface area contributed by atoms with E-state index in [-0.39, 0.29) is 97.3 Å². The maximum atomic E-state index is 9.00. The van der Waals surface area contributed by atoms with Crippen molar-refractivity contribution in [1.82, 2.24) is 0 Å². The number of ether oxygens (including phenoxy) is 2. The van der Waals surface area contributed by atoms with Crippen LogP contribution in [-0.4, -0.2) is 59.2 Å². The number of hydrogen-bond donors (Lipinski definition) is 2. The number of carboxylic acid groups (broad SMARTS) is 2. The van der Waals surface area contributed by atoms with Crippen LogP contribution in [0, 0.1) is 23.0 Å². The van der Waals surface area contributed by atoms with E-state index in [9.17, 15) is 0 Å². The first-order valence-corrected chi connectivity index (χ1v) is 31.0. The van der Waals surface area contributed by atoms with E-state index >= 15 is 0 Å². The maximum Gasteiger partial charge on any atom is 0.300 e. The first-order valence-electron chi connectivity index (χ1n) is 31.0. The Balaban J connectivity index is 0.000000229. The smallest absolute Gasteiger partial charge is 0.300 e. The molecule has 12 heteroatoms. The monoisotopic (exact) mass is 1540 g/mol. The number of aliphatic imine (C=N–C) groups is 2. The Kier molecular flexibility index (Phi) is 30.9. The van der Waals surface area contributed by atoms with Gasteiger partial charge in [-0.05, 0) is 99.9 Å². The van der Waals surface area contributed by atoms with Crippen LogP contribution >= 0.6 is 0 Å². The van der Waals surface area contributed by atoms with Gasteiger partial charge in [-0.3, -0.25) is 58.1 Å². The molecule has 0 saturated heterocycles. The van der Waals surface area contributed by atoms with E-state index in [0.29, 0.717) is 13.2 Å². The molecule has 2 heterocycles. The van der Waals surface area contributed by atoms with Crippen molar-refractivity contribution in [3.63, 3.8) is 0 Å². The van der Waals surface area contributed by atoms with Gasteiger partial charge in [0.15, 0.2) is 0 Å². The van der Waals surface area contributed by atoms with E-state index in [1.54, 1.807) is 0 Å². The van der Waals surface area contributed by atoms with Gasteiger partial charge in [0.25, 0.3) is 11.9 Å². The second-order valence-corrected chi connectivity index (χ2v) is 24.4. The van der Waals surface area contributed by atoms with Gasteiger partial charge in [-0.25, -0.2) is 11.1 Å². The minimum atomic E-state index is -0.833. The quantitative estimate of drug-likeness (QED) is 0.104. The number of allylic oxidation sites excluding steroid dienone is 8. The summed E-state index contributed by atoms with van der Waals surface area (Å²) in [7, 11) is 0. The molecule has 0 amide bonds. The predicted octanol–water partition coefficient (Wildman–Crippen LogP) is 19.4. The van der Waals surface area contributed by atoms with E-state index in [4.69, 9.17) is 29.3 Å². The fourth-order valence-electron chi connectivity index (χ4n) is 10.9. The van der Waals surface area contributed by atoms with Gasteiger partial charge in [0, 0.05) is 100 Å². The van der Waals surface area contributed by atoms with Crippen molar-refractivity contribution in [1.29, 1.82) is 0 Å². The normalized spacial score (nSPS) is 14.8. The molecule has 96 heavy (non-hydrogen) atoms. The van der Waals surface area contributed by atoms with Crippen molar-refractivity contribution < 1.29 is 104 Å². The minimum Gasteiger partial charge on any atom is -0.561 e. The Hall–Kier alpha value is -8.36. The van der Waals surface area contributed by atoms with Crippen molar-refractivity contribution in [2.45, 2.75) is 67.5 Å². The average molecular weight is 1540 g/mol. The van der Waals surface area contributed by atoms with Crippen molar-refractivity contribution in [3.8, 4) is 0 Å². The summed E-state index contributed by atoms with van der Waals surface area (Å²) in [5, 5.41) is 14.8. The molecule has 2 N–H and O–H groups in total. The summed E-state index contributed by atoms with van der Waals surface area (Å²) >= 11 is 0. The molecular formula is C84H78Co2N2O6Pd2-4. The molecule has 0 unspecified atom stereocenters. The number of benzene rings is 8. The first-order chi connectivity index (χ1) is 44.5. The van der Waals surface area contributed by atoms with Crippen LogP contribution in [0.3, 0.4) is 0 Å². The molecule has 2 atom stereocenters. The summed E-state index contributed by atoms with van der Waals surface area (Å²) in [6.07, 6.45) is 0. The van der Waals surface area contributed by atoms with Crippen LogP contribution in [0.1, 0.15) is 111 Å². The molecule has 502 valence electrons. The Bertz CT molecular complexity index is 3510. The molecule has 10 aromatic rings. The van der Waals surface area contributed by atoms with Crippen LogP contribution in [-0.2, 0) is 93.5 Å². The topological polar surface area (TPSA) is 118 Å². The number of aliphatic carboxylic acids is 2.